The van der Waals surface area contributed by atoms with E-state index >= 15 is 0 Å². The van der Waals surface area contributed by atoms with Crippen molar-refractivity contribution in [2.75, 3.05) is 19.7 Å². The highest BCUT2D eigenvalue weighted by molar-refractivity contribution is 5.70. The van der Waals surface area contributed by atoms with E-state index in [1.165, 1.54) is 121 Å². The fourth-order valence-electron chi connectivity index (χ4n) is 9.74. The van der Waals surface area contributed by atoms with E-state index in [0.29, 0.717) is 24.5 Å². The fraction of sp³-hybridized carbons (Fsp3) is 0.786. The van der Waals surface area contributed by atoms with E-state index in [2.05, 4.69) is 24.5 Å². The number of likely N-dealkylation sites (tertiary alicyclic amines) is 1. The van der Waals surface area contributed by atoms with E-state index in [-0.39, 0.29) is 12.1 Å². The number of ether oxygens (including phenoxy) is 3. The number of carbonyl (C=O) groups excluding carboxylic acids is 1. The van der Waals surface area contributed by atoms with Gasteiger partial charge in [0.15, 0.2) is 11.5 Å². The van der Waals surface area contributed by atoms with Gasteiger partial charge in [-0.1, -0.05) is 129 Å². The van der Waals surface area contributed by atoms with Gasteiger partial charge in [-0.3, -0.25) is 4.90 Å². The van der Waals surface area contributed by atoms with E-state index in [1.807, 2.05) is 6.07 Å². The first-order valence-corrected chi connectivity index (χ1v) is 20.3. The molecule has 1 aromatic carbocycles. The van der Waals surface area contributed by atoms with Gasteiger partial charge >= 0.3 is 6.16 Å². The highest BCUT2D eigenvalue weighted by Gasteiger charge is 2.72. The maximum Gasteiger partial charge on any atom is 0.513 e. The SMILES string of the molecule is C=C1CC[C@@]2(O)C3Cc4ccc(OC(=O)OCCCCCCCCCCCCCCCCCCCC)c5c4[C@@]2(CCN3CC2CC2)[C@H]1O5. The number of rotatable bonds is 22. The minimum absolute atomic E-state index is 0.0932. The first-order valence-electron chi connectivity index (χ1n) is 20.3. The molecule has 48 heavy (non-hydrogen) atoms. The minimum atomic E-state index is -0.865. The third-order valence-electron chi connectivity index (χ3n) is 12.6. The number of unbranched alkanes of at least 4 members (excludes halogenated alkanes) is 17. The predicted octanol–water partition coefficient (Wildman–Crippen LogP) is 10.4. The third-order valence-corrected chi connectivity index (χ3v) is 12.6. The molecule has 1 aromatic rings. The van der Waals surface area contributed by atoms with Crippen LogP contribution in [-0.4, -0.2) is 53.6 Å². The van der Waals surface area contributed by atoms with Crippen LogP contribution < -0.4 is 9.47 Å². The molecule has 2 bridgehead atoms. The minimum Gasteiger partial charge on any atom is -0.481 e. The number of hydrogen-bond acceptors (Lipinski definition) is 6. The predicted molar refractivity (Wildman–Crippen MR) is 193 cm³/mol. The Kier molecular flexibility index (Phi) is 12.5. The van der Waals surface area contributed by atoms with Gasteiger partial charge < -0.3 is 19.3 Å². The number of carbonyl (C=O) groups is 1. The van der Waals surface area contributed by atoms with E-state index in [0.717, 1.165) is 62.2 Å². The van der Waals surface area contributed by atoms with E-state index < -0.39 is 17.2 Å². The van der Waals surface area contributed by atoms with Crippen molar-refractivity contribution in [2.45, 2.75) is 184 Å². The van der Waals surface area contributed by atoms with E-state index in [9.17, 15) is 9.90 Å². The lowest BCUT2D eigenvalue weighted by molar-refractivity contribution is -0.174. The Morgan fingerprint density at radius 1 is 0.896 bits per heavy atom. The highest BCUT2D eigenvalue weighted by Crippen LogP contribution is 2.66. The molecule has 6 heteroatoms. The van der Waals surface area contributed by atoms with Gasteiger partial charge in [-0.15, -0.1) is 0 Å². The molecule has 268 valence electrons. The number of aliphatic hydroxyl groups is 1. The summed E-state index contributed by atoms with van der Waals surface area (Å²) in [7, 11) is 0. The Morgan fingerprint density at radius 3 is 2.10 bits per heavy atom. The summed E-state index contributed by atoms with van der Waals surface area (Å²) in [6, 6.07) is 4.06. The zero-order chi connectivity index (χ0) is 33.4. The maximum atomic E-state index is 12.8. The summed E-state index contributed by atoms with van der Waals surface area (Å²) in [5, 5.41) is 12.5. The van der Waals surface area contributed by atoms with Crippen molar-refractivity contribution < 1.29 is 24.1 Å². The molecule has 1 N–H and O–H groups in total. The van der Waals surface area contributed by atoms with Crippen molar-refractivity contribution in [1.29, 1.82) is 0 Å². The zero-order valence-corrected chi connectivity index (χ0v) is 30.2. The van der Waals surface area contributed by atoms with Gasteiger partial charge in [-0.05, 0) is 74.6 Å². The molecular formula is C42H65NO5. The van der Waals surface area contributed by atoms with Gasteiger partial charge in [-0.2, -0.15) is 0 Å². The van der Waals surface area contributed by atoms with Crippen LogP contribution in [0.2, 0.25) is 0 Å². The first-order chi connectivity index (χ1) is 23.5. The van der Waals surface area contributed by atoms with E-state index in [1.54, 1.807) is 0 Å². The number of benzene rings is 1. The average molecular weight is 664 g/mol. The normalized spacial score (nSPS) is 27.1. The van der Waals surface area contributed by atoms with E-state index in [4.69, 9.17) is 14.2 Å². The maximum absolute atomic E-state index is 12.8. The Morgan fingerprint density at radius 2 is 1.50 bits per heavy atom. The Labute approximate surface area is 291 Å². The van der Waals surface area contributed by atoms with Crippen LogP contribution >= 0.6 is 0 Å². The average Bonchev–Trinajstić information content (AvgIpc) is 3.82. The largest absolute Gasteiger partial charge is 0.513 e. The summed E-state index contributed by atoms with van der Waals surface area (Å²) in [4.78, 5) is 15.4. The molecule has 0 amide bonds. The van der Waals surface area contributed by atoms with Gasteiger partial charge in [0, 0.05) is 18.2 Å². The summed E-state index contributed by atoms with van der Waals surface area (Å²) in [6.45, 7) is 9.11. The summed E-state index contributed by atoms with van der Waals surface area (Å²) >= 11 is 0. The Balaban J connectivity index is 0.871. The molecule has 5 aliphatic rings. The molecule has 1 spiro atoms. The molecule has 2 aliphatic heterocycles. The highest BCUT2D eigenvalue weighted by atomic mass is 16.7. The second-order valence-corrected chi connectivity index (χ2v) is 16.1. The molecule has 0 aromatic heterocycles. The number of piperidine rings is 1. The lowest BCUT2D eigenvalue weighted by Gasteiger charge is -2.63. The Hall–Kier alpha value is -2.05. The van der Waals surface area contributed by atoms with Crippen LogP contribution in [0.4, 0.5) is 4.79 Å². The summed E-state index contributed by atoms with van der Waals surface area (Å²) < 4.78 is 17.9. The molecule has 4 atom stereocenters. The van der Waals surface area contributed by atoms with Crippen molar-refractivity contribution >= 4 is 6.16 Å². The van der Waals surface area contributed by atoms with Crippen LogP contribution in [0.1, 0.15) is 166 Å². The number of hydrogen-bond donors (Lipinski definition) is 1. The lowest BCUT2D eigenvalue weighted by atomic mass is 9.48. The van der Waals surface area contributed by atoms with Gasteiger partial charge in [0.1, 0.15) is 6.10 Å². The molecule has 1 saturated heterocycles. The lowest BCUT2D eigenvalue weighted by Crippen LogP contribution is -2.75. The van der Waals surface area contributed by atoms with Crippen molar-refractivity contribution in [3.63, 3.8) is 0 Å². The van der Waals surface area contributed by atoms with Gasteiger partial charge in [0.25, 0.3) is 0 Å². The monoisotopic (exact) mass is 663 g/mol. The fourth-order valence-corrected chi connectivity index (χ4v) is 9.74. The van der Waals surface area contributed by atoms with Crippen molar-refractivity contribution in [2.24, 2.45) is 5.92 Å². The first kappa shape index (κ1) is 35.8. The van der Waals surface area contributed by atoms with Gasteiger partial charge in [0.2, 0.25) is 0 Å². The molecule has 2 saturated carbocycles. The zero-order valence-electron chi connectivity index (χ0n) is 30.2. The number of nitrogens with zero attached hydrogens (tertiary/aromatic N) is 1. The van der Waals surface area contributed by atoms with Gasteiger partial charge in [0.05, 0.1) is 17.6 Å². The molecule has 6 nitrogen and oxygen atoms in total. The van der Waals surface area contributed by atoms with Crippen LogP contribution in [0.25, 0.3) is 0 Å². The third kappa shape index (κ3) is 7.80. The van der Waals surface area contributed by atoms with Crippen molar-refractivity contribution in [3.8, 4) is 11.5 Å². The van der Waals surface area contributed by atoms with Crippen LogP contribution in [0.15, 0.2) is 24.3 Å². The van der Waals surface area contributed by atoms with Crippen molar-refractivity contribution in [1.82, 2.24) is 4.90 Å². The summed E-state index contributed by atoms with van der Waals surface area (Å²) in [5.74, 6) is 1.82. The Bertz CT molecular complexity index is 1230. The molecule has 3 fully saturated rings. The van der Waals surface area contributed by atoms with Crippen LogP contribution in [0.3, 0.4) is 0 Å². The molecule has 1 unspecified atom stereocenters. The quantitative estimate of drug-likeness (QED) is 0.0576. The molecule has 6 rings (SSSR count). The topological polar surface area (TPSA) is 68.2 Å². The smallest absolute Gasteiger partial charge is 0.481 e. The van der Waals surface area contributed by atoms with Gasteiger partial charge in [-0.25, -0.2) is 4.79 Å². The van der Waals surface area contributed by atoms with Crippen molar-refractivity contribution in [3.05, 3.63) is 35.4 Å². The van der Waals surface area contributed by atoms with Crippen LogP contribution in [-0.2, 0) is 16.6 Å². The molecule has 3 aliphatic carbocycles. The summed E-state index contributed by atoms with van der Waals surface area (Å²) in [6.07, 6.45) is 28.7. The molecular weight excluding hydrogens is 598 g/mol. The second kappa shape index (κ2) is 16.8. The van der Waals surface area contributed by atoms with Crippen LogP contribution in [0, 0.1) is 5.92 Å². The molecule has 2 heterocycles. The molecule has 0 radical (unpaired) electrons. The summed E-state index contributed by atoms with van der Waals surface area (Å²) in [5.41, 5.74) is 1.94. The second-order valence-electron chi connectivity index (χ2n) is 16.1. The standard InChI is InChI=1S/C42H65NO5/c1-3-4-5-6-7-8-9-10-11-12-13-14-15-16-17-18-19-20-29-46-40(44)47-35-24-23-34-30-36-42(45)26-25-32(2)39-41(42,37(34)38(35)48-39)27-28-43(36)31-33-21-22-33/h23-24,33,36,39,45H,2-22,25-31H2,1H3/t36?,39-,41-,42+/m0/s1. The van der Waals surface area contributed by atoms with Crippen LogP contribution in [0.5, 0.6) is 11.5 Å².